The van der Waals surface area contributed by atoms with Crippen LogP contribution in [0.5, 0.6) is 0 Å². The van der Waals surface area contributed by atoms with Gasteiger partial charge in [-0.2, -0.15) is 0 Å². The lowest BCUT2D eigenvalue weighted by Crippen LogP contribution is -2.40. The number of hydrogen-bond acceptors (Lipinski definition) is 2. The molecule has 0 saturated carbocycles. The molecule has 2 fully saturated rings. The Morgan fingerprint density at radius 1 is 1.27 bits per heavy atom. The Labute approximate surface area is 68.1 Å². The van der Waals surface area contributed by atoms with Gasteiger partial charge in [-0.05, 0) is 32.2 Å². The smallest absolute Gasteiger partial charge is 0.0415 e. The first-order valence-electron chi connectivity index (χ1n) is 4.54. The Morgan fingerprint density at radius 3 is 2.73 bits per heavy atom. The van der Waals surface area contributed by atoms with E-state index in [1.165, 1.54) is 37.9 Å². The van der Waals surface area contributed by atoms with Crippen molar-refractivity contribution in [3.8, 4) is 0 Å². The Kier molecular flexibility index (Phi) is 1.86. The van der Waals surface area contributed by atoms with E-state index in [4.69, 9.17) is 0 Å². The summed E-state index contributed by atoms with van der Waals surface area (Å²) in [6, 6.07) is 1.39. The second-order valence-electron chi connectivity index (χ2n) is 3.60. The molecule has 0 bridgehead atoms. The molecule has 2 saturated heterocycles. The fourth-order valence-corrected chi connectivity index (χ4v) is 2.09. The van der Waals surface area contributed by atoms with Crippen molar-refractivity contribution >= 4 is 0 Å². The van der Waals surface area contributed by atoms with Crippen LogP contribution in [0.3, 0.4) is 0 Å². The van der Waals surface area contributed by atoms with Crippen LogP contribution >= 0.6 is 0 Å². The van der Waals surface area contributed by atoms with E-state index in [2.05, 4.69) is 17.2 Å². The molecular formula is C9H16N2. The third kappa shape index (κ3) is 1.41. The van der Waals surface area contributed by atoms with Crippen LogP contribution in [-0.2, 0) is 0 Å². The minimum Gasteiger partial charge on any atom is -0.385 e. The fourth-order valence-electron chi connectivity index (χ4n) is 2.09. The number of nitrogens with one attached hydrogen (secondary N) is 2. The highest BCUT2D eigenvalue weighted by Gasteiger charge is 2.27. The minimum absolute atomic E-state index is 0.671. The van der Waals surface area contributed by atoms with Gasteiger partial charge in [-0.15, -0.1) is 0 Å². The van der Waals surface area contributed by atoms with E-state index in [0.717, 1.165) is 0 Å². The van der Waals surface area contributed by atoms with Crippen molar-refractivity contribution in [1.29, 1.82) is 0 Å². The molecule has 2 unspecified atom stereocenters. The van der Waals surface area contributed by atoms with Gasteiger partial charge in [-0.3, -0.25) is 0 Å². The first kappa shape index (κ1) is 7.17. The highest BCUT2D eigenvalue weighted by atomic mass is 15.1. The molecule has 2 heterocycles. The average Bonchev–Trinajstić information content (AvgIpc) is 2.55. The normalized spacial score (nSPS) is 37.6. The molecule has 0 radical (unpaired) electrons. The monoisotopic (exact) mass is 152 g/mol. The SMILES string of the molecule is C=C1CCC(C2CCCN2)N1. The molecule has 0 aromatic carbocycles. The zero-order valence-corrected chi connectivity index (χ0v) is 6.90. The second kappa shape index (κ2) is 2.86. The summed E-state index contributed by atoms with van der Waals surface area (Å²) < 4.78 is 0. The molecule has 2 nitrogen and oxygen atoms in total. The molecular weight excluding hydrogens is 136 g/mol. The van der Waals surface area contributed by atoms with Crippen molar-refractivity contribution in [3.05, 3.63) is 12.3 Å². The molecule has 2 heteroatoms. The Balaban J connectivity index is 1.90. The van der Waals surface area contributed by atoms with E-state index in [9.17, 15) is 0 Å². The standard InChI is InChI=1S/C9H16N2/c1-7-4-5-9(11-7)8-3-2-6-10-8/h8-11H,1-6H2. The van der Waals surface area contributed by atoms with Crippen molar-refractivity contribution < 1.29 is 0 Å². The topological polar surface area (TPSA) is 24.1 Å². The summed E-state index contributed by atoms with van der Waals surface area (Å²) in [5.41, 5.74) is 1.23. The molecule has 0 amide bonds. The molecule has 0 spiro atoms. The Bertz CT molecular complexity index is 159. The van der Waals surface area contributed by atoms with Crippen molar-refractivity contribution in [2.75, 3.05) is 6.54 Å². The van der Waals surface area contributed by atoms with Crippen LogP contribution in [0.25, 0.3) is 0 Å². The van der Waals surface area contributed by atoms with Gasteiger partial charge in [0.1, 0.15) is 0 Å². The van der Waals surface area contributed by atoms with Gasteiger partial charge in [0, 0.05) is 17.8 Å². The van der Waals surface area contributed by atoms with Crippen LogP contribution in [0.2, 0.25) is 0 Å². The summed E-state index contributed by atoms with van der Waals surface area (Å²) in [5, 5.41) is 6.95. The van der Waals surface area contributed by atoms with E-state index in [1.54, 1.807) is 0 Å². The van der Waals surface area contributed by atoms with Crippen molar-refractivity contribution in [2.45, 2.75) is 37.8 Å². The highest BCUT2D eigenvalue weighted by Crippen LogP contribution is 2.20. The van der Waals surface area contributed by atoms with Gasteiger partial charge >= 0.3 is 0 Å². The molecule has 11 heavy (non-hydrogen) atoms. The van der Waals surface area contributed by atoms with Crippen molar-refractivity contribution in [1.82, 2.24) is 10.6 Å². The van der Waals surface area contributed by atoms with Crippen LogP contribution < -0.4 is 10.6 Å². The maximum absolute atomic E-state index is 3.94. The van der Waals surface area contributed by atoms with E-state index in [-0.39, 0.29) is 0 Å². The molecule has 2 rings (SSSR count). The second-order valence-corrected chi connectivity index (χ2v) is 3.60. The van der Waals surface area contributed by atoms with Crippen LogP contribution in [0.1, 0.15) is 25.7 Å². The maximum atomic E-state index is 3.94. The molecule has 0 aliphatic carbocycles. The number of rotatable bonds is 1. The number of hydrogen-bond donors (Lipinski definition) is 2. The van der Waals surface area contributed by atoms with Gasteiger partial charge in [-0.1, -0.05) is 6.58 Å². The summed E-state index contributed by atoms with van der Waals surface area (Å²) in [7, 11) is 0. The van der Waals surface area contributed by atoms with E-state index >= 15 is 0 Å². The quantitative estimate of drug-likeness (QED) is 0.586. The summed E-state index contributed by atoms with van der Waals surface area (Å²) in [6.45, 7) is 5.14. The van der Waals surface area contributed by atoms with Gasteiger partial charge in [0.2, 0.25) is 0 Å². The van der Waals surface area contributed by atoms with E-state index < -0.39 is 0 Å². The Hall–Kier alpha value is -0.500. The molecule has 2 N–H and O–H groups in total. The van der Waals surface area contributed by atoms with Crippen LogP contribution in [-0.4, -0.2) is 18.6 Å². The fraction of sp³-hybridized carbons (Fsp3) is 0.778. The summed E-state index contributed by atoms with van der Waals surface area (Å²) in [6.07, 6.45) is 5.12. The average molecular weight is 152 g/mol. The lowest BCUT2D eigenvalue weighted by molar-refractivity contribution is 0.455. The van der Waals surface area contributed by atoms with Crippen LogP contribution in [0.15, 0.2) is 12.3 Å². The van der Waals surface area contributed by atoms with Gasteiger partial charge in [-0.25, -0.2) is 0 Å². The summed E-state index contributed by atoms with van der Waals surface area (Å²) >= 11 is 0. The largest absolute Gasteiger partial charge is 0.385 e. The molecule has 2 atom stereocenters. The molecule has 0 aromatic rings. The predicted octanol–water partition coefficient (Wildman–Crippen LogP) is 1.00. The first-order valence-corrected chi connectivity index (χ1v) is 4.54. The van der Waals surface area contributed by atoms with Gasteiger partial charge in [0.25, 0.3) is 0 Å². The third-order valence-electron chi connectivity index (χ3n) is 2.73. The van der Waals surface area contributed by atoms with Crippen molar-refractivity contribution in [2.24, 2.45) is 0 Å². The first-order chi connectivity index (χ1) is 5.36. The lowest BCUT2D eigenvalue weighted by atomic mass is 10.1. The van der Waals surface area contributed by atoms with Gasteiger partial charge in [0.15, 0.2) is 0 Å². The Morgan fingerprint density at radius 2 is 2.18 bits per heavy atom. The van der Waals surface area contributed by atoms with Crippen LogP contribution in [0.4, 0.5) is 0 Å². The zero-order valence-electron chi connectivity index (χ0n) is 6.90. The third-order valence-corrected chi connectivity index (χ3v) is 2.73. The molecule has 2 aliphatic rings. The molecule has 62 valence electrons. The van der Waals surface area contributed by atoms with Gasteiger partial charge < -0.3 is 10.6 Å². The van der Waals surface area contributed by atoms with E-state index in [1.807, 2.05) is 0 Å². The van der Waals surface area contributed by atoms with Gasteiger partial charge in [0.05, 0.1) is 0 Å². The van der Waals surface area contributed by atoms with Crippen LogP contribution in [0, 0.1) is 0 Å². The van der Waals surface area contributed by atoms with E-state index in [0.29, 0.717) is 12.1 Å². The lowest BCUT2D eigenvalue weighted by Gasteiger charge is -2.18. The molecule has 0 aromatic heterocycles. The number of allylic oxidation sites excluding steroid dienone is 1. The maximum Gasteiger partial charge on any atom is 0.0415 e. The summed E-state index contributed by atoms with van der Waals surface area (Å²) in [4.78, 5) is 0. The molecule has 2 aliphatic heterocycles. The predicted molar refractivity (Wildman–Crippen MR) is 46.3 cm³/mol. The minimum atomic E-state index is 0.671. The van der Waals surface area contributed by atoms with Crippen molar-refractivity contribution in [3.63, 3.8) is 0 Å². The summed E-state index contributed by atoms with van der Waals surface area (Å²) in [5.74, 6) is 0. The zero-order chi connectivity index (χ0) is 7.68. The highest BCUT2D eigenvalue weighted by molar-refractivity contribution is 5.05.